The molecule has 21 heavy (non-hydrogen) atoms. The Morgan fingerprint density at radius 2 is 1.86 bits per heavy atom. The van der Waals surface area contributed by atoms with E-state index < -0.39 is 29.2 Å². The van der Waals surface area contributed by atoms with Gasteiger partial charge in [-0.2, -0.15) is 13.2 Å². The fraction of sp³-hybridized carbons (Fsp3) is 0.385. The molecule has 2 N–H and O–H groups in total. The Labute approximate surface area is 124 Å². The molecule has 0 radical (unpaired) electrons. The molecule has 116 valence electrons. The van der Waals surface area contributed by atoms with Gasteiger partial charge >= 0.3 is 18.0 Å². The molecule has 0 heterocycles. The maximum atomic E-state index is 12.8. The van der Waals surface area contributed by atoms with Crippen molar-refractivity contribution >= 4 is 29.1 Å². The van der Waals surface area contributed by atoms with Crippen LogP contribution < -0.4 is 10.6 Å². The summed E-state index contributed by atoms with van der Waals surface area (Å²) in [5.41, 5.74) is -1.63. The second kappa shape index (κ2) is 6.80. The van der Waals surface area contributed by atoms with Crippen molar-refractivity contribution in [3.8, 4) is 0 Å². The zero-order valence-electron chi connectivity index (χ0n) is 11.3. The third-order valence-corrected chi connectivity index (χ3v) is 2.65. The van der Waals surface area contributed by atoms with Crippen LogP contribution in [0.5, 0.6) is 0 Å². The molecule has 4 nitrogen and oxygen atoms in total. The van der Waals surface area contributed by atoms with Gasteiger partial charge < -0.3 is 10.6 Å². The number of halogens is 4. The van der Waals surface area contributed by atoms with Crippen LogP contribution >= 0.6 is 11.6 Å². The van der Waals surface area contributed by atoms with Crippen molar-refractivity contribution in [2.24, 2.45) is 5.92 Å². The highest BCUT2D eigenvalue weighted by molar-refractivity contribution is 6.39. The third-order valence-electron chi connectivity index (χ3n) is 2.41. The number of carbonyl (C=O) groups excluding carboxylic acids is 2. The maximum Gasteiger partial charge on any atom is 0.418 e. The fourth-order valence-electron chi connectivity index (χ4n) is 1.42. The Kier molecular flexibility index (Phi) is 5.60. The van der Waals surface area contributed by atoms with E-state index >= 15 is 0 Å². The van der Waals surface area contributed by atoms with E-state index in [0.717, 1.165) is 6.07 Å². The SMILES string of the molecule is CC(C)CNC(=O)C(=O)Nc1ccc(Cl)cc1C(F)(F)F. The second-order valence-corrected chi connectivity index (χ2v) is 5.18. The summed E-state index contributed by atoms with van der Waals surface area (Å²) in [7, 11) is 0. The Balaban J connectivity index is 2.88. The lowest BCUT2D eigenvalue weighted by atomic mass is 10.1. The molecule has 1 aromatic rings. The van der Waals surface area contributed by atoms with Gasteiger partial charge in [-0.15, -0.1) is 0 Å². The van der Waals surface area contributed by atoms with Crippen molar-refractivity contribution in [1.82, 2.24) is 5.32 Å². The molecule has 0 aliphatic rings. The highest BCUT2D eigenvalue weighted by Crippen LogP contribution is 2.36. The van der Waals surface area contributed by atoms with Crippen molar-refractivity contribution in [2.45, 2.75) is 20.0 Å². The lowest BCUT2D eigenvalue weighted by molar-refractivity contribution is -0.138. The van der Waals surface area contributed by atoms with Crippen molar-refractivity contribution in [3.05, 3.63) is 28.8 Å². The highest BCUT2D eigenvalue weighted by Gasteiger charge is 2.34. The van der Waals surface area contributed by atoms with E-state index in [0.29, 0.717) is 6.07 Å². The van der Waals surface area contributed by atoms with Crippen LogP contribution in [0.25, 0.3) is 0 Å². The van der Waals surface area contributed by atoms with Crippen LogP contribution in [0.1, 0.15) is 19.4 Å². The van der Waals surface area contributed by atoms with Gasteiger partial charge in [-0.3, -0.25) is 9.59 Å². The first-order valence-corrected chi connectivity index (χ1v) is 6.45. The van der Waals surface area contributed by atoms with Gasteiger partial charge in [-0.05, 0) is 24.1 Å². The van der Waals surface area contributed by atoms with E-state index in [4.69, 9.17) is 11.6 Å². The largest absolute Gasteiger partial charge is 0.418 e. The summed E-state index contributed by atoms with van der Waals surface area (Å²) < 4.78 is 38.5. The zero-order valence-corrected chi connectivity index (χ0v) is 12.1. The van der Waals surface area contributed by atoms with Crippen LogP contribution in [0.15, 0.2) is 18.2 Å². The third kappa shape index (κ3) is 5.26. The van der Waals surface area contributed by atoms with Crippen molar-refractivity contribution in [2.75, 3.05) is 11.9 Å². The standard InChI is InChI=1S/C13H14ClF3N2O2/c1-7(2)6-18-11(20)12(21)19-10-4-3-8(14)5-9(10)13(15,16)17/h3-5,7H,6H2,1-2H3,(H,18,20)(H,19,21). The molecular weight excluding hydrogens is 309 g/mol. The molecule has 0 aliphatic heterocycles. The van der Waals surface area contributed by atoms with E-state index in [2.05, 4.69) is 5.32 Å². The summed E-state index contributed by atoms with van der Waals surface area (Å²) in [6.45, 7) is 3.89. The molecule has 0 bridgehead atoms. The summed E-state index contributed by atoms with van der Waals surface area (Å²) in [6, 6.07) is 2.88. The van der Waals surface area contributed by atoms with E-state index in [9.17, 15) is 22.8 Å². The van der Waals surface area contributed by atoms with Crippen LogP contribution in [0.2, 0.25) is 5.02 Å². The lowest BCUT2D eigenvalue weighted by Crippen LogP contribution is -2.37. The minimum absolute atomic E-state index is 0.114. The number of hydrogen-bond donors (Lipinski definition) is 2. The molecule has 2 amide bonds. The van der Waals surface area contributed by atoms with Crippen molar-refractivity contribution < 1.29 is 22.8 Å². The van der Waals surface area contributed by atoms with Gasteiger partial charge in [0.25, 0.3) is 0 Å². The smallest absolute Gasteiger partial charge is 0.348 e. The Morgan fingerprint density at radius 3 is 2.38 bits per heavy atom. The predicted octanol–water partition coefficient (Wildman–Crippen LogP) is 3.07. The molecule has 0 atom stereocenters. The van der Waals surface area contributed by atoms with Crippen LogP contribution in [-0.4, -0.2) is 18.4 Å². The van der Waals surface area contributed by atoms with E-state index in [1.165, 1.54) is 6.07 Å². The van der Waals surface area contributed by atoms with Crippen LogP contribution in [0.4, 0.5) is 18.9 Å². The number of anilines is 1. The minimum atomic E-state index is -4.69. The van der Waals surface area contributed by atoms with E-state index in [-0.39, 0.29) is 17.5 Å². The number of alkyl halides is 3. The van der Waals surface area contributed by atoms with Crippen molar-refractivity contribution in [1.29, 1.82) is 0 Å². The van der Waals surface area contributed by atoms with Gasteiger partial charge in [0, 0.05) is 11.6 Å². The number of carbonyl (C=O) groups is 2. The first kappa shape index (κ1) is 17.3. The molecular formula is C13H14ClF3N2O2. The normalized spacial score (nSPS) is 11.4. The fourth-order valence-corrected chi connectivity index (χ4v) is 1.59. The van der Waals surface area contributed by atoms with Gasteiger partial charge in [0.2, 0.25) is 0 Å². The first-order chi connectivity index (χ1) is 9.61. The van der Waals surface area contributed by atoms with Crippen LogP contribution in [-0.2, 0) is 15.8 Å². The quantitative estimate of drug-likeness (QED) is 0.840. The van der Waals surface area contributed by atoms with Gasteiger partial charge in [-0.25, -0.2) is 0 Å². The summed E-state index contributed by atoms with van der Waals surface area (Å²) in [4.78, 5) is 23.0. The Hall–Kier alpha value is -1.76. The number of amides is 2. The molecule has 1 aromatic carbocycles. The summed E-state index contributed by atoms with van der Waals surface area (Å²) in [5.74, 6) is -2.04. The zero-order chi connectivity index (χ0) is 16.2. The molecule has 0 saturated carbocycles. The number of nitrogens with one attached hydrogen (secondary N) is 2. The van der Waals surface area contributed by atoms with E-state index in [1.54, 1.807) is 0 Å². The molecule has 0 fully saturated rings. The molecule has 0 spiro atoms. The topological polar surface area (TPSA) is 58.2 Å². The Morgan fingerprint density at radius 1 is 1.24 bits per heavy atom. The van der Waals surface area contributed by atoms with Gasteiger partial charge in [0.15, 0.2) is 0 Å². The minimum Gasteiger partial charge on any atom is -0.348 e. The molecule has 0 saturated heterocycles. The number of rotatable bonds is 3. The summed E-state index contributed by atoms with van der Waals surface area (Å²) in [6.07, 6.45) is -4.69. The molecule has 0 aromatic heterocycles. The van der Waals surface area contributed by atoms with Gasteiger partial charge in [0.1, 0.15) is 0 Å². The monoisotopic (exact) mass is 322 g/mol. The first-order valence-electron chi connectivity index (χ1n) is 6.07. The average molecular weight is 323 g/mol. The molecule has 1 rings (SSSR count). The molecule has 0 unspecified atom stereocenters. The molecule has 8 heteroatoms. The van der Waals surface area contributed by atoms with Gasteiger partial charge in [-0.1, -0.05) is 25.4 Å². The summed E-state index contributed by atoms with van der Waals surface area (Å²) in [5, 5.41) is 4.13. The van der Waals surface area contributed by atoms with Gasteiger partial charge in [0.05, 0.1) is 11.3 Å². The van der Waals surface area contributed by atoms with Crippen LogP contribution in [0, 0.1) is 5.92 Å². The Bertz CT molecular complexity index is 545. The highest BCUT2D eigenvalue weighted by atomic mass is 35.5. The second-order valence-electron chi connectivity index (χ2n) is 4.75. The van der Waals surface area contributed by atoms with E-state index in [1.807, 2.05) is 19.2 Å². The molecule has 0 aliphatic carbocycles. The van der Waals surface area contributed by atoms with Crippen LogP contribution in [0.3, 0.4) is 0 Å². The average Bonchev–Trinajstić information content (AvgIpc) is 2.36. The lowest BCUT2D eigenvalue weighted by Gasteiger charge is -2.14. The number of benzene rings is 1. The summed E-state index contributed by atoms with van der Waals surface area (Å²) >= 11 is 5.51. The maximum absolute atomic E-state index is 12.8. The van der Waals surface area contributed by atoms with Crippen molar-refractivity contribution in [3.63, 3.8) is 0 Å². The number of hydrogen-bond acceptors (Lipinski definition) is 2. The predicted molar refractivity (Wildman–Crippen MR) is 72.9 cm³/mol.